The average Bonchev–Trinajstić information content (AvgIpc) is 3.44. The molecular weight excluding hydrogens is 561 g/mol. The van der Waals surface area contributed by atoms with E-state index in [0.29, 0.717) is 50.0 Å². The predicted molar refractivity (Wildman–Crippen MR) is 157 cm³/mol. The molecule has 4 aromatic rings. The number of carbonyl (C=O) groups excluding carboxylic acids is 1. The summed E-state index contributed by atoms with van der Waals surface area (Å²) in [7, 11) is -2.53. The predicted octanol–water partition coefficient (Wildman–Crippen LogP) is 3.65. The Balaban J connectivity index is 1.41. The molecule has 3 aromatic carbocycles. The summed E-state index contributed by atoms with van der Waals surface area (Å²) in [6, 6.07) is 21.2. The highest BCUT2D eigenvalue weighted by molar-refractivity contribution is 7.89. The number of aromatic nitrogens is 2. The highest BCUT2D eigenvalue weighted by Crippen LogP contribution is 2.25. The van der Waals surface area contributed by atoms with Crippen molar-refractivity contribution in [1.82, 2.24) is 18.8 Å². The van der Waals surface area contributed by atoms with Crippen molar-refractivity contribution in [2.24, 2.45) is 0 Å². The van der Waals surface area contributed by atoms with E-state index in [1.54, 1.807) is 35.0 Å². The summed E-state index contributed by atoms with van der Waals surface area (Å²) in [5.74, 6) is -0.260. The lowest BCUT2D eigenvalue weighted by atomic mass is 10.2. The largest absolute Gasteiger partial charge is 0.497 e. The van der Waals surface area contributed by atoms with Crippen LogP contribution in [0.5, 0.6) is 5.75 Å². The van der Waals surface area contributed by atoms with Gasteiger partial charge in [0.25, 0.3) is 0 Å². The highest BCUT2D eigenvalue weighted by Gasteiger charge is 2.28. The maximum atomic E-state index is 13.7. The van der Waals surface area contributed by atoms with Crippen LogP contribution in [0.15, 0.2) is 90.0 Å². The molecule has 1 saturated heterocycles. The van der Waals surface area contributed by atoms with Crippen LogP contribution in [0, 0.1) is 5.82 Å². The van der Waals surface area contributed by atoms with Crippen LogP contribution < -0.4 is 10.1 Å². The number of rotatable bonds is 11. The first-order chi connectivity index (χ1) is 20.3. The number of halogens is 1. The van der Waals surface area contributed by atoms with Gasteiger partial charge in [0.1, 0.15) is 11.6 Å². The standard InChI is InChI=1S/C30H32FN5O5S/c1-40-26-11-13-27(14-12-26)42(38,39)35(16-15-34-17-19-41-20-18-34)22-29(37)33-30-32-28(23-5-3-2-4-6-23)21-36(30)25-9-7-24(31)8-10-25/h2-14,21H,15-20,22H2,1H3,(H,32,33,37). The summed E-state index contributed by atoms with van der Waals surface area (Å²) in [4.78, 5) is 20.2. The fourth-order valence-corrected chi connectivity index (χ4v) is 5.99. The average molecular weight is 594 g/mol. The van der Waals surface area contributed by atoms with Gasteiger partial charge >= 0.3 is 0 Å². The van der Waals surface area contributed by atoms with Crippen LogP contribution in [0.25, 0.3) is 16.9 Å². The molecule has 0 aliphatic carbocycles. The zero-order valence-electron chi connectivity index (χ0n) is 23.1. The molecule has 0 atom stereocenters. The van der Waals surface area contributed by atoms with Crippen LogP contribution >= 0.6 is 0 Å². The third kappa shape index (κ3) is 7.02. The van der Waals surface area contributed by atoms with E-state index >= 15 is 0 Å². The number of sulfonamides is 1. The number of methoxy groups -OCH3 is 1. The van der Waals surface area contributed by atoms with Gasteiger partial charge in [0.2, 0.25) is 21.9 Å². The Labute approximate surface area is 244 Å². The summed E-state index contributed by atoms with van der Waals surface area (Å²) in [6.07, 6.45) is 1.74. The second kappa shape index (κ2) is 13.3. The number of morpholine rings is 1. The molecule has 0 spiro atoms. The third-order valence-electron chi connectivity index (χ3n) is 6.92. The van der Waals surface area contributed by atoms with Gasteiger partial charge < -0.3 is 9.47 Å². The third-order valence-corrected chi connectivity index (χ3v) is 8.78. The molecule has 1 aliphatic rings. The molecule has 1 aliphatic heterocycles. The van der Waals surface area contributed by atoms with Gasteiger partial charge in [0.05, 0.1) is 37.5 Å². The SMILES string of the molecule is COc1ccc(S(=O)(=O)N(CCN2CCOCC2)CC(=O)Nc2nc(-c3ccccc3)cn2-c2ccc(F)cc2)cc1. The number of nitrogens with one attached hydrogen (secondary N) is 1. The minimum absolute atomic E-state index is 0.0530. The van der Waals surface area contributed by atoms with Crippen molar-refractivity contribution in [2.45, 2.75) is 4.90 Å². The van der Waals surface area contributed by atoms with Gasteiger partial charge in [-0.1, -0.05) is 30.3 Å². The number of hydrogen-bond acceptors (Lipinski definition) is 7. The second-order valence-electron chi connectivity index (χ2n) is 9.68. The molecule has 0 unspecified atom stereocenters. The fourth-order valence-electron chi connectivity index (χ4n) is 4.60. The van der Waals surface area contributed by atoms with E-state index < -0.39 is 28.3 Å². The van der Waals surface area contributed by atoms with Crippen molar-refractivity contribution in [3.8, 4) is 22.7 Å². The van der Waals surface area contributed by atoms with E-state index in [1.165, 1.54) is 35.7 Å². The van der Waals surface area contributed by atoms with Gasteiger partial charge in [-0.15, -0.1) is 0 Å². The van der Waals surface area contributed by atoms with Crippen molar-refractivity contribution >= 4 is 21.9 Å². The number of ether oxygens (including phenoxy) is 2. The maximum Gasteiger partial charge on any atom is 0.243 e. The molecule has 42 heavy (non-hydrogen) atoms. The number of amides is 1. The van der Waals surface area contributed by atoms with Crippen LogP contribution in [-0.2, 0) is 19.6 Å². The molecule has 1 N–H and O–H groups in total. The van der Waals surface area contributed by atoms with Gasteiger partial charge in [-0.3, -0.25) is 19.6 Å². The minimum atomic E-state index is -4.03. The Morgan fingerprint density at radius 3 is 2.38 bits per heavy atom. The molecule has 0 radical (unpaired) electrons. The normalized spacial score (nSPS) is 14.2. The highest BCUT2D eigenvalue weighted by atomic mass is 32.2. The fraction of sp³-hybridized carbons (Fsp3) is 0.267. The van der Waals surface area contributed by atoms with E-state index in [4.69, 9.17) is 9.47 Å². The molecule has 1 fully saturated rings. The lowest BCUT2D eigenvalue weighted by Gasteiger charge is -2.29. The summed E-state index contributed by atoms with van der Waals surface area (Å²) >= 11 is 0. The van der Waals surface area contributed by atoms with Crippen molar-refractivity contribution in [3.05, 3.63) is 90.9 Å². The Morgan fingerprint density at radius 1 is 1.02 bits per heavy atom. The van der Waals surface area contributed by atoms with Crippen LogP contribution in [0.4, 0.5) is 10.3 Å². The van der Waals surface area contributed by atoms with Crippen LogP contribution in [0.1, 0.15) is 0 Å². The lowest BCUT2D eigenvalue weighted by Crippen LogP contribution is -2.45. The first-order valence-corrected chi connectivity index (χ1v) is 14.9. The second-order valence-corrected chi connectivity index (χ2v) is 11.6. The topological polar surface area (TPSA) is 106 Å². The van der Waals surface area contributed by atoms with E-state index in [2.05, 4.69) is 15.2 Å². The Morgan fingerprint density at radius 2 is 1.71 bits per heavy atom. The molecule has 10 nitrogen and oxygen atoms in total. The van der Waals surface area contributed by atoms with Crippen LogP contribution in [0.2, 0.25) is 0 Å². The van der Waals surface area contributed by atoms with Gasteiger partial charge in [0, 0.05) is 43.6 Å². The monoisotopic (exact) mass is 593 g/mol. The van der Waals surface area contributed by atoms with Crippen molar-refractivity contribution in [1.29, 1.82) is 0 Å². The minimum Gasteiger partial charge on any atom is -0.497 e. The molecule has 0 saturated carbocycles. The first-order valence-electron chi connectivity index (χ1n) is 13.5. The van der Waals surface area contributed by atoms with Crippen LogP contribution in [-0.4, -0.2) is 86.1 Å². The Hall–Kier alpha value is -4.10. The molecule has 0 bridgehead atoms. The van der Waals surface area contributed by atoms with Crippen molar-refractivity contribution < 1.29 is 27.1 Å². The number of imidazole rings is 1. The van der Waals surface area contributed by atoms with Gasteiger partial charge in [-0.25, -0.2) is 17.8 Å². The quantitative estimate of drug-likeness (QED) is 0.283. The van der Waals surface area contributed by atoms with Gasteiger partial charge in [-0.05, 0) is 48.5 Å². The van der Waals surface area contributed by atoms with Gasteiger partial charge in [0.15, 0.2) is 0 Å². The van der Waals surface area contributed by atoms with E-state index in [-0.39, 0.29) is 17.4 Å². The number of anilines is 1. The van der Waals surface area contributed by atoms with E-state index in [0.717, 1.165) is 5.56 Å². The Kier molecular flexibility index (Phi) is 9.28. The number of hydrogen-bond donors (Lipinski definition) is 1. The summed E-state index contributed by atoms with van der Waals surface area (Å²) in [5.41, 5.74) is 1.99. The Bertz CT molecular complexity index is 1590. The zero-order valence-corrected chi connectivity index (χ0v) is 24.0. The van der Waals surface area contributed by atoms with Crippen LogP contribution in [0.3, 0.4) is 0 Å². The smallest absolute Gasteiger partial charge is 0.243 e. The number of benzene rings is 3. The first kappa shape index (κ1) is 29.4. The molecule has 1 amide bonds. The molecular formula is C30H32FN5O5S. The molecule has 1 aromatic heterocycles. The lowest BCUT2D eigenvalue weighted by molar-refractivity contribution is -0.116. The zero-order chi connectivity index (χ0) is 29.5. The summed E-state index contributed by atoms with van der Waals surface area (Å²) in [6.45, 7) is 2.61. The number of nitrogens with zero attached hydrogens (tertiary/aromatic N) is 4. The summed E-state index contributed by atoms with van der Waals surface area (Å²) < 4.78 is 54.4. The number of carbonyl (C=O) groups is 1. The molecule has 12 heteroatoms. The van der Waals surface area contributed by atoms with Crippen molar-refractivity contribution in [2.75, 3.05) is 58.4 Å². The van der Waals surface area contributed by atoms with Gasteiger partial charge in [-0.2, -0.15) is 4.31 Å². The van der Waals surface area contributed by atoms with E-state index in [9.17, 15) is 17.6 Å². The maximum absolute atomic E-state index is 13.7. The summed E-state index contributed by atoms with van der Waals surface area (Å²) in [5, 5.41) is 2.78. The molecule has 220 valence electrons. The van der Waals surface area contributed by atoms with Crippen molar-refractivity contribution in [3.63, 3.8) is 0 Å². The molecule has 2 heterocycles. The molecule has 5 rings (SSSR count). The van der Waals surface area contributed by atoms with E-state index in [1.807, 2.05) is 30.3 Å².